The average molecular weight is 380 g/mol. The molecule has 1 aromatic heterocycles. The minimum Gasteiger partial charge on any atom is -0.493 e. The highest BCUT2D eigenvalue weighted by Crippen LogP contribution is 2.28. The minimum atomic E-state index is 0.105. The molecule has 0 bridgehead atoms. The van der Waals surface area contributed by atoms with Crippen molar-refractivity contribution in [1.29, 1.82) is 0 Å². The molecule has 2 aromatic carbocycles. The van der Waals surface area contributed by atoms with Crippen LogP contribution in [-0.4, -0.2) is 35.0 Å². The summed E-state index contributed by atoms with van der Waals surface area (Å²) in [6.45, 7) is 5.35. The molecule has 0 amide bonds. The van der Waals surface area contributed by atoms with Crippen LogP contribution in [0.2, 0.25) is 0 Å². The quantitative estimate of drug-likeness (QED) is 0.401. The van der Waals surface area contributed by atoms with Crippen LogP contribution in [0.5, 0.6) is 11.5 Å². The summed E-state index contributed by atoms with van der Waals surface area (Å²) < 4.78 is 13.6. The fourth-order valence-corrected chi connectivity index (χ4v) is 3.34. The first kappa shape index (κ1) is 20.0. The molecule has 3 aromatic rings. The molecule has 0 spiro atoms. The Bertz CT molecular complexity index is 917. The third-order valence-corrected chi connectivity index (χ3v) is 4.71. The van der Waals surface area contributed by atoms with E-state index in [0.717, 1.165) is 59.7 Å². The van der Waals surface area contributed by atoms with Crippen molar-refractivity contribution in [2.24, 2.45) is 0 Å². The van der Waals surface area contributed by atoms with Crippen molar-refractivity contribution in [2.45, 2.75) is 32.2 Å². The lowest BCUT2D eigenvalue weighted by Crippen LogP contribution is -2.07. The molecule has 5 heteroatoms. The molecule has 1 heterocycles. The lowest BCUT2D eigenvalue weighted by atomic mass is 10.1. The molecule has 0 radical (unpaired) electrons. The molecule has 0 fully saturated rings. The minimum absolute atomic E-state index is 0.105. The van der Waals surface area contributed by atoms with E-state index < -0.39 is 0 Å². The van der Waals surface area contributed by atoms with E-state index in [1.165, 1.54) is 0 Å². The molecular formula is C23H28N2O3. The summed E-state index contributed by atoms with van der Waals surface area (Å²) in [7, 11) is 1.66. The number of fused-ring (bicyclic) bond motifs is 1. The zero-order valence-electron chi connectivity index (χ0n) is 16.4. The molecule has 0 aliphatic heterocycles. The Kier molecular flexibility index (Phi) is 7.09. The van der Waals surface area contributed by atoms with Gasteiger partial charge in [-0.15, -0.1) is 6.58 Å². The molecule has 0 saturated carbocycles. The molecule has 5 nitrogen and oxygen atoms in total. The summed E-state index contributed by atoms with van der Waals surface area (Å²) in [4.78, 5) is 4.64. The number of aliphatic hydroxyl groups excluding tert-OH is 1. The fraction of sp³-hybridized carbons (Fsp3) is 0.348. The smallest absolute Gasteiger partial charge is 0.161 e. The second-order valence-electron chi connectivity index (χ2n) is 6.68. The Morgan fingerprint density at radius 1 is 1.14 bits per heavy atom. The van der Waals surface area contributed by atoms with E-state index in [1.807, 2.05) is 42.5 Å². The number of benzene rings is 2. The summed E-state index contributed by atoms with van der Waals surface area (Å²) in [5, 5.41) is 9.32. The standard InChI is InChI=1S/C23H28N2O3/c1-3-8-18-11-12-21(22(17-18)27-2)28-16-7-6-14-25-20-10-5-4-9-19(20)24-23(25)13-15-26/h3-5,9-12,17,26H,1,6-8,13-16H2,2H3. The Morgan fingerprint density at radius 2 is 2.00 bits per heavy atom. The normalized spacial score (nSPS) is 10.9. The van der Waals surface area contributed by atoms with Crippen LogP contribution >= 0.6 is 0 Å². The molecule has 3 rings (SSSR count). The molecule has 148 valence electrons. The van der Waals surface area contributed by atoms with Gasteiger partial charge in [0.15, 0.2) is 11.5 Å². The van der Waals surface area contributed by atoms with Gasteiger partial charge in [0, 0.05) is 13.0 Å². The first-order valence-electron chi connectivity index (χ1n) is 9.72. The van der Waals surface area contributed by atoms with Crippen LogP contribution in [0, 0.1) is 0 Å². The number of allylic oxidation sites excluding steroid dienone is 1. The van der Waals surface area contributed by atoms with Crippen LogP contribution in [0.3, 0.4) is 0 Å². The fourth-order valence-electron chi connectivity index (χ4n) is 3.34. The molecule has 0 unspecified atom stereocenters. The Hall–Kier alpha value is -2.79. The maximum Gasteiger partial charge on any atom is 0.161 e. The second-order valence-corrected chi connectivity index (χ2v) is 6.68. The molecular weight excluding hydrogens is 352 g/mol. The van der Waals surface area contributed by atoms with E-state index in [0.29, 0.717) is 13.0 Å². The molecule has 0 saturated heterocycles. The third kappa shape index (κ3) is 4.73. The SMILES string of the molecule is C=CCc1ccc(OCCCCn2c(CCO)nc3ccccc32)c(OC)c1. The predicted molar refractivity (Wildman–Crippen MR) is 112 cm³/mol. The van der Waals surface area contributed by atoms with Crippen molar-refractivity contribution in [3.8, 4) is 11.5 Å². The van der Waals surface area contributed by atoms with Crippen molar-refractivity contribution >= 4 is 11.0 Å². The van der Waals surface area contributed by atoms with Gasteiger partial charge in [-0.25, -0.2) is 4.98 Å². The topological polar surface area (TPSA) is 56.5 Å². The van der Waals surface area contributed by atoms with E-state index in [4.69, 9.17) is 9.47 Å². The highest BCUT2D eigenvalue weighted by molar-refractivity contribution is 5.75. The Balaban J connectivity index is 1.56. The highest BCUT2D eigenvalue weighted by Gasteiger charge is 2.10. The number of ether oxygens (including phenoxy) is 2. The van der Waals surface area contributed by atoms with Gasteiger partial charge in [-0.3, -0.25) is 0 Å². The number of unbranched alkanes of at least 4 members (excludes halogenated alkanes) is 1. The van der Waals surface area contributed by atoms with Crippen LogP contribution < -0.4 is 9.47 Å². The van der Waals surface area contributed by atoms with E-state index >= 15 is 0 Å². The van der Waals surface area contributed by atoms with Gasteiger partial charge >= 0.3 is 0 Å². The summed E-state index contributed by atoms with van der Waals surface area (Å²) in [5.74, 6) is 2.46. The van der Waals surface area contributed by atoms with Crippen LogP contribution in [0.25, 0.3) is 11.0 Å². The maximum absolute atomic E-state index is 9.32. The van der Waals surface area contributed by atoms with Gasteiger partial charge in [-0.2, -0.15) is 0 Å². The third-order valence-electron chi connectivity index (χ3n) is 4.71. The summed E-state index contributed by atoms with van der Waals surface area (Å²) in [5.41, 5.74) is 3.25. The predicted octanol–water partition coefficient (Wildman–Crippen LogP) is 4.17. The monoisotopic (exact) mass is 380 g/mol. The number of methoxy groups -OCH3 is 1. The first-order valence-corrected chi connectivity index (χ1v) is 9.72. The van der Waals surface area contributed by atoms with Gasteiger partial charge in [0.2, 0.25) is 0 Å². The van der Waals surface area contributed by atoms with Gasteiger partial charge in [-0.05, 0) is 49.1 Å². The zero-order valence-corrected chi connectivity index (χ0v) is 16.4. The van der Waals surface area contributed by atoms with Crippen LogP contribution in [-0.2, 0) is 19.4 Å². The van der Waals surface area contributed by atoms with Gasteiger partial charge < -0.3 is 19.1 Å². The average Bonchev–Trinajstić information content (AvgIpc) is 3.06. The van der Waals surface area contributed by atoms with Gasteiger partial charge in [0.05, 0.1) is 31.4 Å². The van der Waals surface area contributed by atoms with Crippen molar-refractivity contribution in [1.82, 2.24) is 9.55 Å². The lowest BCUT2D eigenvalue weighted by Gasteiger charge is -2.12. The van der Waals surface area contributed by atoms with Gasteiger partial charge in [-0.1, -0.05) is 24.3 Å². The molecule has 0 aliphatic rings. The number of imidazole rings is 1. The van der Waals surface area contributed by atoms with Crippen LogP contribution in [0.15, 0.2) is 55.1 Å². The number of aromatic nitrogens is 2. The number of nitrogens with zero attached hydrogens (tertiary/aromatic N) is 2. The number of para-hydroxylation sites is 2. The number of aliphatic hydroxyl groups is 1. The van der Waals surface area contributed by atoms with Gasteiger partial charge in [0.1, 0.15) is 5.82 Å². The molecule has 1 N–H and O–H groups in total. The second kappa shape index (κ2) is 9.95. The lowest BCUT2D eigenvalue weighted by molar-refractivity contribution is 0.282. The molecule has 0 atom stereocenters. The van der Waals surface area contributed by atoms with Crippen molar-refractivity contribution in [3.05, 3.63) is 66.5 Å². The summed E-state index contributed by atoms with van der Waals surface area (Å²) in [6, 6.07) is 14.1. The van der Waals surface area contributed by atoms with Crippen LogP contribution in [0.1, 0.15) is 24.2 Å². The van der Waals surface area contributed by atoms with Crippen molar-refractivity contribution in [2.75, 3.05) is 20.3 Å². The van der Waals surface area contributed by atoms with Crippen LogP contribution in [0.4, 0.5) is 0 Å². The highest BCUT2D eigenvalue weighted by atomic mass is 16.5. The van der Waals surface area contributed by atoms with Gasteiger partial charge in [0.25, 0.3) is 0 Å². The Morgan fingerprint density at radius 3 is 2.79 bits per heavy atom. The van der Waals surface area contributed by atoms with E-state index in [9.17, 15) is 5.11 Å². The van der Waals surface area contributed by atoms with E-state index in [1.54, 1.807) is 7.11 Å². The largest absolute Gasteiger partial charge is 0.493 e. The molecule has 0 aliphatic carbocycles. The summed E-state index contributed by atoms with van der Waals surface area (Å²) in [6.07, 6.45) is 5.14. The summed E-state index contributed by atoms with van der Waals surface area (Å²) >= 11 is 0. The Labute approximate surface area is 166 Å². The van der Waals surface area contributed by atoms with Crippen molar-refractivity contribution < 1.29 is 14.6 Å². The zero-order chi connectivity index (χ0) is 19.8. The number of hydrogen-bond donors (Lipinski definition) is 1. The molecule has 28 heavy (non-hydrogen) atoms. The maximum atomic E-state index is 9.32. The van der Waals surface area contributed by atoms with E-state index in [-0.39, 0.29) is 6.61 Å². The first-order chi connectivity index (χ1) is 13.8. The number of rotatable bonds is 11. The van der Waals surface area contributed by atoms with E-state index in [2.05, 4.69) is 22.2 Å². The number of aryl methyl sites for hydroxylation is 1. The van der Waals surface area contributed by atoms with Crippen molar-refractivity contribution in [3.63, 3.8) is 0 Å². The number of hydrogen-bond acceptors (Lipinski definition) is 4.